The first-order valence-corrected chi connectivity index (χ1v) is 5.27. The van der Waals surface area contributed by atoms with E-state index in [0.717, 1.165) is 5.16 Å². The van der Waals surface area contributed by atoms with Crippen LogP contribution < -0.4 is 11.1 Å². The van der Waals surface area contributed by atoms with Gasteiger partial charge in [-0.1, -0.05) is 11.8 Å². The second-order valence-corrected chi connectivity index (χ2v) is 3.89. The first-order valence-electron chi connectivity index (χ1n) is 4.29. The van der Waals surface area contributed by atoms with Crippen LogP contribution in [0.1, 0.15) is 6.42 Å². The molecule has 0 bridgehead atoms. The fourth-order valence-electron chi connectivity index (χ4n) is 0.926. The summed E-state index contributed by atoms with van der Waals surface area (Å²) in [6, 6.07) is -0.818. The quantitative estimate of drug-likeness (QED) is 0.715. The Morgan fingerprint density at radius 3 is 2.93 bits per heavy atom. The fraction of sp³-hybridized carbons (Fsp3) is 0.375. The Morgan fingerprint density at radius 2 is 2.40 bits per heavy atom. The summed E-state index contributed by atoms with van der Waals surface area (Å²) < 4.78 is 1.86. The molecule has 1 heterocycles. The average Bonchev–Trinajstić information content (AvgIpc) is 2.50. The SMILES string of the molecule is Cn1ccnc1SCCC(=O)NC(N)=O. The number of imidazole rings is 1. The van der Waals surface area contributed by atoms with Crippen molar-refractivity contribution < 1.29 is 9.59 Å². The van der Waals surface area contributed by atoms with Gasteiger partial charge in [0.1, 0.15) is 0 Å². The predicted molar refractivity (Wildman–Crippen MR) is 56.3 cm³/mol. The molecule has 0 atom stereocenters. The monoisotopic (exact) mass is 228 g/mol. The van der Waals surface area contributed by atoms with Crippen LogP contribution in [0.5, 0.6) is 0 Å². The highest BCUT2D eigenvalue weighted by Crippen LogP contribution is 2.14. The molecule has 0 aliphatic heterocycles. The average molecular weight is 228 g/mol. The van der Waals surface area contributed by atoms with Crippen molar-refractivity contribution in [3.05, 3.63) is 12.4 Å². The number of amides is 3. The number of aromatic nitrogens is 2. The molecule has 0 aliphatic carbocycles. The standard InChI is InChI=1S/C8H12N4O2S/c1-12-4-3-10-8(12)15-5-2-6(13)11-7(9)14/h3-4H,2,5H2,1H3,(H3,9,11,13,14). The number of carbonyl (C=O) groups is 2. The van der Waals surface area contributed by atoms with Gasteiger partial charge in [0.15, 0.2) is 5.16 Å². The lowest BCUT2D eigenvalue weighted by molar-refractivity contribution is -0.119. The van der Waals surface area contributed by atoms with Gasteiger partial charge in [-0.2, -0.15) is 0 Å². The number of rotatable bonds is 4. The molecule has 0 aliphatic rings. The molecule has 6 nitrogen and oxygen atoms in total. The van der Waals surface area contributed by atoms with Crippen LogP contribution >= 0.6 is 11.8 Å². The van der Waals surface area contributed by atoms with Crippen molar-refractivity contribution in [3.8, 4) is 0 Å². The minimum Gasteiger partial charge on any atom is -0.351 e. The maximum absolute atomic E-state index is 11.0. The lowest BCUT2D eigenvalue weighted by Crippen LogP contribution is -2.35. The summed E-state index contributed by atoms with van der Waals surface area (Å²) in [7, 11) is 1.87. The van der Waals surface area contributed by atoms with Gasteiger partial charge in [-0.25, -0.2) is 9.78 Å². The lowest BCUT2D eigenvalue weighted by atomic mass is 10.4. The number of thioether (sulfide) groups is 1. The summed E-state index contributed by atoms with van der Waals surface area (Å²) in [4.78, 5) is 25.4. The Hall–Kier alpha value is -1.50. The Kier molecular flexibility index (Phi) is 4.17. The van der Waals surface area contributed by atoms with E-state index in [9.17, 15) is 9.59 Å². The van der Waals surface area contributed by atoms with Crippen molar-refractivity contribution in [1.29, 1.82) is 0 Å². The van der Waals surface area contributed by atoms with Crippen LogP contribution in [0.15, 0.2) is 17.6 Å². The van der Waals surface area contributed by atoms with Gasteiger partial charge in [0.25, 0.3) is 0 Å². The zero-order chi connectivity index (χ0) is 11.3. The highest BCUT2D eigenvalue weighted by atomic mass is 32.2. The van der Waals surface area contributed by atoms with Crippen molar-refractivity contribution in [2.45, 2.75) is 11.6 Å². The molecule has 1 aromatic rings. The maximum Gasteiger partial charge on any atom is 0.318 e. The van der Waals surface area contributed by atoms with Gasteiger partial charge in [-0.05, 0) is 0 Å². The van der Waals surface area contributed by atoms with E-state index in [1.54, 1.807) is 6.20 Å². The zero-order valence-corrected chi connectivity index (χ0v) is 9.08. The largest absolute Gasteiger partial charge is 0.351 e. The van der Waals surface area contributed by atoms with E-state index < -0.39 is 6.03 Å². The first-order chi connectivity index (χ1) is 7.09. The molecule has 0 aromatic carbocycles. The molecule has 7 heteroatoms. The summed E-state index contributed by atoms with van der Waals surface area (Å²) in [6.07, 6.45) is 3.75. The fourth-order valence-corrected chi connectivity index (χ4v) is 1.80. The molecule has 82 valence electrons. The zero-order valence-electron chi connectivity index (χ0n) is 8.27. The molecule has 0 fully saturated rings. The summed E-state index contributed by atoms with van der Waals surface area (Å²) in [6.45, 7) is 0. The third kappa shape index (κ3) is 4.03. The second kappa shape index (κ2) is 5.40. The molecule has 0 saturated carbocycles. The topological polar surface area (TPSA) is 90.0 Å². The highest BCUT2D eigenvalue weighted by Gasteiger charge is 2.05. The number of carbonyl (C=O) groups excluding carboxylic acids is 2. The molecule has 1 rings (SSSR count). The number of hydrogen-bond acceptors (Lipinski definition) is 4. The maximum atomic E-state index is 11.0. The molecule has 15 heavy (non-hydrogen) atoms. The molecule has 0 radical (unpaired) electrons. The van der Waals surface area contributed by atoms with E-state index >= 15 is 0 Å². The Labute approximate surface area is 91.2 Å². The van der Waals surface area contributed by atoms with E-state index in [0.29, 0.717) is 5.75 Å². The third-order valence-corrected chi connectivity index (χ3v) is 2.66. The Morgan fingerprint density at radius 1 is 1.67 bits per heavy atom. The van der Waals surface area contributed by atoms with E-state index in [-0.39, 0.29) is 12.3 Å². The lowest BCUT2D eigenvalue weighted by Gasteiger charge is -2.01. The number of primary amides is 1. The van der Waals surface area contributed by atoms with Crippen LogP contribution in [0.4, 0.5) is 4.79 Å². The Bertz CT molecular complexity index is 363. The predicted octanol–water partition coefficient (Wildman–Crippen LogP) is 0.0972. The number of aryl methyl sites for hydroxylation is 1. The highest BCUT2D eigenvalue weighted by molar-refractivity contribution is 7.99. The number of nitrogens with one attached hydrogen (secondary N) is 1. The van der Waals surface area contributed by atoms with Crippen LogP contribution in [0.2, 0.25) is 0 Å². The van der Waals surface area contributed by atoms with Gasteiger partial charge in [-0.3, -0.25) is 10.1 Å². The van der Waals surface area contributed by atoms with Crippen molar-refractivity contribution in [3.63, 3.8) is 0 Å². The van der Waals surface area contributed by atoms with Crippen LogP contribution in [0.3, 0.4) is 0 Å². The van der Waals surface area contributed by atoms with Crippen molar-refractivity contribution in [2.24, 2.45) is 12.8 Å². The minimum atomic E-state index is -0.818. The molecule has 1 aromatic heterocycles. The molecule has 0 unspecified atom stereocenters. The Balaban J connectivity index is 2.25. The molecule has 0 saturated heterocycles. The van der Waals surface area contributed by atoms with E-state index in [2.05, 4.69) is 4.98 Å². The first kappa shape index (κ1) is 11.6. The van der Waals surface area contributed by atoms with Crippen molar-refractivity contribution >= 4 is 23.7 Å². The van der Waals surface area contributed by atoms with Gasteiger partial charge in [0, 0.05) is 31.6 Å². The number of nitrogens with zero attached hydrogens (tertiary/aromatic N) is 2. The molecule has 3 amide bonds. The molecular formula is C8H12N4O2S. The smallest absolute Gasteiger partial charge is 0.318 e. The number of hydrogen-bond donors (Lipinski definition) is 2. The van der Waals surface area contributed by atoms with E-state index in [1.165, 1.54) is 11.8 Å². The number of urea groups is 1. The molecular weight excluding hydrogens is 216 g/mol. The third-order valence-electron chi connectivity index (χ3n) is 1.60. The van der Waals surface area contributed by atoms with Crippen LogP contribution in [0.25, 0.3) is 0 Å². The molecule has 0 spiro atoms. The summed E-state index contributed by atoms with van der Waals surface area (Å²) in [5.41, 5.74) is 4.79. The van der Waals surface area contributed by atoms with Crippen LogP contribution in [0, 0.1) is 0 Å². The van der Waals surface area contributed by atoms with E-state index in [4.69, 9.17) is 5.73 Å². The van der Waals surface area contributed by atoms with E-state index in [1.807, 2.05) is 23.1 Å². The number of nitrogens with two attached hydrogens (primary N) is 1. The van der Waals surface area contributed by atoms with Gasteiger partial charge in [0.05, 0.1) is 0 Å². The van der Waals surface area contributed by atoms with Crippen LogP contribution in [-0.4, -0.2) is 27.2 Å². The summed E-state index contributed by atoms with van der Waals surface area (Å²) >= 11 is 1.45. The van der Waals surface area contributed by atoms with Gasteiger partial charge >= 0.3 is 6.03 Å². The summed E-state index contributed by atoms with van der Waals surface area (Å²) in [5.74, 6) is 0.188. The minimum absolute atomic E-state index is 0.237. The molecule has 3 N–H and O–H groups in total. The summed E-state index contributed by atoms with van der Waals surface area (Å²) in [5, 5.41) is 2.83. The second-order valence-electron chi connectivity index (χ2n) is 2.83. The van der Waals surface area contributed by atoms with Crippen molar-refractivity contribution in [2.75, 3.05) is 5.75 Å². The van der Waals surface area contributed by atoms with Crippen molar-refractivity contribution in [1.82, 2.24) is 14.9 Å². The normalized spacial score (nSPS) is 9.93. The van der Waals surface area contributed by atoms with Gasteiger partial charge < -0.3 is 10.3 Å². The van der Waals surface area contributed by atoms with Gasteiger partial charge in [-0.15, -0.1) is 0 Å². The van der Waals surface area contributed by atoms with Gasteiger partial charge in [0.2, 0.25) is 5.91 Å². The number of imide groups is 1. The van der Waals surface area contributed by atoms with Crippen LogP contribution in [-0.2, 0) is 11.8 Å².